The van der Waals surface area contributed by atoms with Crippen molar-refractivity contribution in [3.05, 3.63) is 18.5 Å². The van der Waals surface area contributed by atoms with Crippen molar-refractivity contribution in [2.24, 2.45) is 0 Å². The Balaban J connectivity index is 2.94. The quantitative estimate of drug-likeness (QED) is 0.561. The average molecular weight is 151 g/mol. The lowest BCUT2D eigenvalue weighted by molar-refractivity contribution is 0.434. The van der Waals surface area contributed by atoms with Gasteiger partial charge in [0, 0.05) is 12.3 Å². The zero-order chi connectivity index (χ0) is 7.84. The fourth-order valence-corrected chi connectivity index (χ4v) is 0.867. The monoisotopic (exact) mass is 151 g/mol. The molecule has 0 saturated heterocycles. The Morgan fingerprint density at radius 1 is 1.36 bits per heavy atom. The van der Waals surface area contributed by atoms with E-state index < -0.39 is 0 Å². The maximum absolute atomic E-state index is 9.13. The van der Waals surface area contributed by atoms with Crippen LogP contribution in [0.2, 0.25) is 0 Å². The maximum Gasteiger partial charge on any atom is 0.215 e. The van der Waals surface area contributed by atoms with E-state index in [2.05, 4.69) is 10.1 Å². The lowest BCUT2D eigenvalue weighted by atomic mass is 10.5. The van der Waals surface area contributed by atoms with Gasteiger partial charge in [0.05, 0.1) is 6.20 Å². The minimum absolute atomic E-state index is 0.0408. The van der Waals surface area contributed by atoms with Crippen molar-refractivity contribution in [3.8, 4) is 11.6 Å². The van der Waals surface area contributed by atoms with Gasteiger partial charge in [-0.15, -0.1) is 0 Å². The van der Waals surface area contributed by atoms with E-state index in [1.165, 1.54) is 18.5 Å². The lowest BCUT2D eigenvalue weighted by Gasteiger charge is -1.93. The Bertz CT molecular complexity index is 396. The van der Waals surface area contributed by atoms with E-state index in [9.17, 15) is 0 Å². The summed E-state index contributed by atoms with van der Waals surface area (Å²) in [6.07, 6.45) is 2.62. The van der Waals surface area contributed by atoms with E-state index >= 15 is 0 Å². The topological polar surface area (TPSA) is 70.7 Å². The predicted molar refractivity (Wildman–Crippen MR) is 36.3 cm³/mol. The van der Waals surface area contributed by atoms with Gasteiger partial charge in [-0.1, -0.05) is 0 Å². The molecule has 2 aromatic heterocycles. The van der Waals surface area contributed by atoms with E-state index in [1.807, 2.05) is 0 Å². The molecule has 0 fully saturated rings. The number of aromatic nitrogens is 3. The second-order valence-corrected chi connectivity index (χ2v) is 2.07. The summed E-state index contributed by atoms with van der Waals surface area (Å²) in [5.74, 6) is -0.0869. The largest absolute Gasteiger partial charge is 0.503 e. The summed E-state index contributed by atoms with van der Waals surface area (Å²) in [5.41, 5.74) is 0.255. The number of hydrogen-bond acceptors (Lipinski definition) is 4. The van der Waals surface area contributed by atoms with Crippen LogP contribution in [0.25, 0.3) is 5.65 Å². The minimum Gasteiger partial charge on any atom is -0.503 e. The fourth-order valence-electron chi connectivity index (χ4n) is 0.867. The highest BCUT2D eigenvalue weighted by Gasteiger charge is 2.04. The molecule has 2 N–H and O–H groups in total. The number of hydrogen-bond donors (Lipinski definition) is 2. The number of aromatic hydroxyl groups is 2. The molecule has 5 heteroatoms. The van der Waals surface area contributed by atoms with E-state index in [4.69, 9.17) is 10.2 Å². The molecule has 0 amide bonds. The highest BCUT2D eigenvalue weighted by molar-refractivity contribution is 5.51. The summed E-state index contributed by atoms with van der Waals surface area (Å²) in [5, 5.41) is 21.9. The third-order valence-electron chi connectivity index (χ3n) is 1.36. The first-order chi connectivity index (χ1) is 5.29. The van der Waals surface area contributed by atoms with Crippen molar-refractivity contribution >= 4 is 5.65 Å². The van der Waals surface area contributed by atoms with Gasteiger partial charge in [-0.25, -0.2) is 4.98 Å². The van der Waals surface area contributed by atoms with Gasteiger partial charge in [-0.2, -0.15) is 9.61 Å². The van der Waals surface area contributed by atoms with Crippen LogP contribution in [0.3, 0.4) is 0 Å². The molecule has 0 aliphatic heterocycles. The van der Waals surface area contributed by atoms with Crippen LogP contribution in [0.5, 0.6) is 11.6 Å². The lowest BCUT2D eigenvalue weighted by Crippen LogP contribution is -1.88. The van der Waals surface area contributed by atoms with E-state index in [0.717, 1.165) is 4.52 Å². The molecule has 0 bridgehead atoms. The summed E-state index contributed by atoms with van der Waals surface area (Å²) >= 11 is 0. The van der Waals surface area contributed by atoms with E-state index in [1.54, 1.807) is 0 Å². The highest BCUT2D eigenvalue weighted by atomic mass is 16.3. The molecule has 0 spiro atoms. The summed E-state index contributed by atoms with van der Waals surface area (Å²) in [4.78, 5) is 3.79. The molecule has 0 unspecified atom stereocenters. The third kappa shape index (κ3) is 0.706. The average Bonchev–Trinajstić information content (AvgIpc) is 2.35. The summed E-state index contributed by atoms with van der Waals surface area (Å²) in [7, 11) is 0. The van der Waals surface area contributed by atoms with Crippen LogP contribution in [0, 0.1) is 0 Å². The first kappa shape index (κ1) is 5.96. The fraction of sp³-hybridized carbons (Fsp3) is 0. The molecule has 2 heterocycles. The van der Waals surface area contributed by atoms with Crippen LogP contribution in [0.15, 0.2) is 18.5 Å². The van der Waals surface area contributed by atoms with Crippen molar-refractivity contribution in [2.75, 3.05) is 0 Å². The SMILES string of the molecule is Oc1cnn2c(O)ccnc12. The van der Waals surface area contributed by atoms with Crippen LogP contribution in [0.1, 0.15) is 0 Å². The predicted octanol–water partition coefficient (Wildman–Crippen LogP) is 0.140. The van der Waals surface area contributed by atoms with Gasteiger partial charge >= 0.3 is 0 Å². The smallest absolute Gasteiger partial charge is 0.215 e. The van der Waals surface area contributed by atoms with Gasteiger partial charge in [0.25, 0.3) is 0 Å². The summed E-state index contributed by atoms with van der Waals surface area (Å²) in [6, 6.07) is 1.39. The van der Waals surface area contributed by atoms with E-state index in [0.29, 0.717) is 0 Å². The maximum atomic E-state index is 9.13. The Kier molecular flexibility index (Phi) is 1.00. The van der Waals surface area contributed by atoms with Crippen LogP contribution >= 0.6 is 0 Å². The Morgan fingerprint density at radius 3 is 2.91 bits per heavy atom. The van der Waals surface area contributed by atoms with Gasteiger partial charge in [-0.05, 0) is 0 Å². The molecule has 0 aromatic carbocycles. The van der Waals surface area contributed by atoms with Gasteiger partial charge < -0.3 is 10.2 Å². The first-order valence-corrected chi connectivity index (χ1v) is 3.00. The molecule has 0 radical (unpaired) electrons. The van der Waals surface area contributed by atoms with Crippen LogP contribution in [-0.2, 0) is 0 Å². The Hall–Kier alpha value is -1.78. The summed E-state index contributed by atoms with van der Waals surface area (Å²) in [6.45, 7) is 0. The van der Waals surface area contributed by atoms with Crippen molar-refractivity contribution < 1.29 is 10.2 Å². The zero-order valence-electron chi connectivity index (χ0n) is 5.47. The standard InChI is InChI=1S/C6H5N3O2/c10-4-3-8-9-5(11)1-2-7-6(4)9/h1-3,10-11H. The highest BCUT2D eigenvalue weighted by Crippen LogP contribution is 2.17. The molecule has 2 rings (SSSR count). The molecule has 56 valence electrons. The molecule has 0 atom stereocenters. The van der Waals surface area contributed by atoms with Gasteiger partial charge in [0.2, 0.25) is 11.5 Å². The molecule has 0 saturated carbocycles. The summed E-state index contributed by atoms with van der Waals surface area (Å²) < 4.78 is 1.15. The Labute approximate surface area is 61.5 Å². The third-order valence-corrected chi connectivity index (χ3v) is 1.36. The van der Waals surface area contributed by atoms with Gasteiger partial charge in [0.15, 0.2) is 5.75 Å². The molecular formula is C6H5N3O2. The Morgan fingerprint density at radius 2 is 2.18 bits per heavy atom. The van der Waals surface area contributed by atoms with Crippen LogP contribution < -0.4 is 0 Å². The van der Waals surface area contributed by atoms with Crippen molar-refractivity contribution in [1.82, 2.24) is 14.6 Å². The zero-order valence-corrected chi connectivity index (χ0v) is 5.47. The molecule has 0 aliphatic carbocycles. The van der Waals surface area contributed by atoms with Crippen LogP contribution in [0.4, 0.5) is 0 Å². The minimum atomic E-state index is -0.0460. The first-order valence-electron chi connectivity index (χ1n) is 3.00. The second kappa shape index (κ2) is 1.85. The van der Waals surface area contributed by atoms with Crippen LogP contribution in [-0.4, -0.2) is 24.8 Å². The van der Waals surface area contributed by atoms with Gasteiger partial charge in [-0.3, -0.25) is 0 Å². The van der Waals surface area contributed by atoms with Crippen molar-refractivity contribution in [1.29, 1.82) is 0 Å². The number of nitrogens with zero attached hydrogens (tertiary/aromatic N) is 3. The molecule has 5 nitrogen and oxygen atoms in total. The normalized spacial score (nSPS) is 10.5. The molecule has 2 aromatic rings. The molecular weight excluding hydrogens is 146 g/mol. The number of fused-ring (bicyclic) bond motifs is 1. The van der Waals surface area contributed by atoms with E-state index in [-0.39, 0.29) is 17.3 Å². The van der Waals surface area contributed by atoms with Gasteiger partial charge in [0.1, 0.15) is 0 Å². The number of rotatable bonds is 0. The van der Waals surface area contributed by atoms with Crippen molar-refractivity contribution in [3.63, 3.8) is 0 Å². The second-order valence-electron chi connectivity index (χ2n) is 2.07. The van der Waals surface area contributed by atoms with Crippen molar-refractivity contribution in [2.45, 2.75) is 0 Å². The molecule has 11 heavy (non-hydrogen) atoms. The molecule has 0 aliphatic rings.